The van der Waals surface area contributed by atoms with Crippen LogP contribution < -0.4 is 32.0 Å². The molecular weight excluding hydrogens is 242 g/mol. The van der Waals surface area contributed by atoms with E-state index in [4.69, 9.17) is 11.1 Å². The largest absolute Gasteiger partial charge is 0.871 e. The highest BCUT2D eigenvalue weighted by molar-refractivity contribution is 5.92. The molecule has 6 heteroatoms. The number of hydrogen-bond acceptors (Lipinski definition) is 3. The fraction of sp³-hybridized carbons (Fsp3) is 0.0769. The summed E-state index contributed by atoms with van der Waals surface area (Å²) in [7, 11) is 0. The monoisotopic (exact) mass is 254 g/mol. The lowest BCUT2D eigenvalue weighted by molar-refractivity contribution is -0.543. The van der Waals surface area contributed by atoms with Crippen LogP contribution in [0.4, 0.5) is 0 Å². The molecular formula is C13H12N5O+. The van der Waals surface area contributed by atoms with Crippen LogP contribution in [0.5, 0.6) is 5.75 Å². The van der Waals surface area contributed by atoms with Gasteiger partial charge >= 0.3 is 0 Å². The van der Waals surface area contributed by atoms with Crippen LogP contribution >= 0.6 is 0 Å². The number of aromatic nitrogens is 1. The molecule has 1 unspecified atom stereocenters. The molecule has 5 N–H and O–H groups in total. The smallest absolute Gasteiger partial charge is 0.288 e. The summed E-state index contributed by atoms with van der Waals surface area (Å²) in [6.07, 6.45) is 1.12. The van der Waals surface area contributed by atoms with Crippen LogP contribution in [0.2, 0.25) is 0 Å². The van der Waals surface area contributed by atoms with Gasteiger partial charge in [-0.2, -0.15) is 0 Å². The van der Waals surface area contributed by atoms with Crippen molar-refractivity contribution >= 4 is 5.84 Å². The molecule has 0 bridgehead atoms. The first-order chi connectivity index (χ1) is 9.15. The highest BCUT2D eigenvalue weighted by Crippen LogP contribution is 2.15. The standard InChI is InChI=1S/C13H11N5O/c14-12(15)7-3-4-8-9(6-7)18-13(17-8)11-10(19)2-1-5-16-11/h1-6,13,19H,(H3,14,15)/p+1. The van der Waals surface area contributed by atoms with Crippen LogP contribution in [0.15, 0.2) is 41.5 Å². The van der Waals surface area contributed by atoms with E-state index in [2.05, 4.69) is 15.0 Å². The maximum absolute atomic E-state index is 11.7. The molecule has 0 saturated carbocycles. The molecule has 2 aromatic rings. The van der Waals surface area contributed by atoms with Gasteiger partial charge in [0.05, 0.1) is 5.56 Å². The Kier molecular flexibility index (Phi) is 2.49. The number of rotatable bonds is 2. The molecule has 19 heavy (non-hydrogen) atoms. The Morgan fingerprint density at radius 2 is 2.21 bits per heavy atom. The number of hydrogen-bond donors (Lipinski definition) is 3. The Labute approximate surface area is 108 Å². The normalized spacial score (nSPS) is 16.3. The highest BCUT2D eigenvalue weighted by atomic mass is 16.3. The van der Waals surface area contributed by atoms with E-state index in [9.17, 15) is 5.11 Å². The first-order valence-electron chi connectivity index (χ1n) is 5.77. The molecule has 0 amide bonds. The fourth-order valence-corrected chi connectivity index (χ4v) is 2.00. The second kappa shape index (κ2) is 4.16. The van der Waals surface area contributed by atoms with Gasteiger partial charge in [-0.3, -0.25) is 16.1 Å². The topological polar surface area (TPSA) is 114 Å². The lowest BCUT2D eigenvalue weighted by atomic mass is 10.2. The van der Waals surface area contributed by atoms with Gasteiger partial charge in [0.1, 0.15) is 11.1 Å². The molecule has 94 valence electrons. The molecule has 0 saturated heterocycles. The summed E-state index contributed by atoms with van der Waals surface area (Å²) < 4.78 is 0. The van der Waals surface area contributed by atoms with Gasteiger partial charge in [-0.15, -0.1) is 0 Å². The zero-order valence-corrected chi connectivity index (χ0v) is 10.00. The van der Waals surface area contributed by atoms with E-state index in [0.717, 1.165) is 10.7 Å². The van der Waals surface area contributed by atoms with Crippen LogP contribution in [0.25, 0.3) is 0 Å². The highest BCUT2D eigenvalue weighted by Gasteiger charge is 2.21. The Morgan fingerprint density at radius 3 is 2.95 bits per heavy atom. The summed E-state index contributed by atoms with van der Waals surface area (Å²) in [5.74, 6) is 0.102. The molecule has 2 heterocycles. The van der Waals surface area contributed by atoms with Gasteiger partial charge in [-0.25, -0.2) is 9.98 Å². The SMILES string of the molecule is NC(=[NH2+])c1ccc2c(c1)=NC(c1ncccc1[O-])[NH+]=2. The van der Waals surface area contributed by atoms with E-state index < -0.39 is 6.17 Å². The molecule has 0 radical (unpaired) electrons. The Bertz CT molecular complexity index is 784. The molecule has 1 aliphatic heterocycles. The molecule has 0 fully saturated rings. The summed E-state index contributed by atoms with van der Waals surface area (Å²) >= 11 is 0. The predicted molar refractivity (Wildman–Crippen MR) is 63.9 cm³/mol. The van der Waals surface area contributed by atoms with Crippen LogP contribution in [0, 0.1) is 0 Å². The van der Waals surface area contributed by atoms with E-state index in [1.807, 2.05) is 6.07 Å². The molecule has 3 rings (SSSR count). The first-order valence-corrected chi connectivity index (χ1v) is 5.77. The molecule has 1 aromatic heterocycles. The Hall–Kier alpha value is -2.76. The minimum absolute atomic E-state index is 0.137. The second-order valence-electron chi connectivity index (χ2n) is 4.25. The van der Waals surface area contributed by atoms with E-state index in [-0.39, 0.29) is 11.6 Å². The lowest BCUT2D eigenvalue weighted by Gasteiger charge is -2.09. The zero-order valence-electron chi connectivity index (χ0n) is 10.00. The summed E-state index contributed by atoms with van der Waals surface area (Å²) in [6, 6.07) is 8.50. The van der Waals surface area contributed by atoms with E-state index >= 15 is 0 Å². The predicted octanol–water partition coefficient (Wildman–Crippen LogP) is -4.35. The number of nitrogens with two attached hydrogens (primary N) is 2. The third-order valence-corrected chi connectivity index (χ3v) is 2.95. The van der Waals surface area contributed by atoms with E-state index in [1.54, 1.807) is 24.4 Å². The van der Waals surface area contributed by atoms with Crippen LogP contribution in [-0.2, 0) is 0 Å². The van der Waals surface area contributed by atoms with Crippen molar-refractivity contribution in [2.45, 2.75) is 6.17 Å². The maximum atomic E-state index is 11.7. The lowest BCUT2D eigenvalue weighted by Crippen LogP contribution is -2.77. The summed E-state index contributed by atoms with van der Waals surface area (Å²) in [4.78, 5) is 11.6. The van der Waals surface area contributed by atoms with Gasteiger partial charge < -0.3 is 5.11 Å². The summed E-state index contributed by atoms with van der Waals surface area (Å²) in [5, 5.41) is 18.8. The zero-order chi connectivity index (χ0) is 13.4. The second-order valence-corrected chi connectivity index (χ2v) is 4.25. The average molecular weight is 254 g/mol. The van der Waals surface area contributed by atoms with Gasteiger partial charge in [0.15, 0.2) is 0 Å². The van der Waals surface area contributed by atoms with Gasteiger partial charge in [-0.1, -0.05) is 11.8 Å². The number of nitrogens with one attached hydrogen (secondary N) is 1. The molecule has 1 atom stereocenters. The van der Waals surface area contributed by atoms with Gasteiger partial charge in [0.2, 0.25) is 5.36 Å². The van der Waals surface area contributed by atoms with E-state index in [1.165, 1.54) is 6.07 Å². The number of pyridine rings is 1. The van der Waals surface area contributed by atoms with Crippen LogP contribution in [0.1, 0.15) is 17.4 Å². The minimum atomic E-state index is -0.460. The number of fused-ring (bicyclic) bond motifs is 1. The van der Waals surface area contributed by atoms with Crippen LogP contribution in [0.3, 0.4) is 0 Å². The first kappa shape index (κ1) is 11.3. The molecule has 0 spiro atoms. The fourth-order valence-electron chi connectivity index (χ4n) is 2.00. The van der Waals surface area contributed by atoms with Gasteiger partial charge in [0.25, 0.3) is 12.0 Å². The quantitative estimate of drug-likeness (QED) is 0.372. The molecule has 1 aromatic carbocycles. The third-order valence-electron chi connectivity index (χ3n) is 2.95. The van der Waals surface area contributed by atoms with Crippen molar-refractivity contribution < 1.29 is 15.5 Å². The Morgan fingerprint density at radius 1 is 1.37 bits per heavy atom. The average Bonchev–Trinajstić information content (AvgIpc) is 2.81. The third kappa shape index (κ3) is 1.93. The number of amidine groups is 1. The van der Waals surface area contributed by atoms with Gasteiger partial charge in [-0.05, 0) is 18.2 Å². The van der Waals surface area contributed by atoms with Crippen molar-refractivity contribution in [3.8, 4) is 5.75 Å². The van der Waals surface area contributed by atoms with Crippen LogP contribution in [-0.4, -0.2) is 10.8 Å². The summed E-state index contributed by atoms with van der Waals surface area (Å²) in [6.45, 7) is 0. The maximum Gasteiger partial charge on any atom is 0.288 e. The molecule has 6 nitrogen and oxygen atoms in total. The van der Waals surface area contributed by atoms with Crippen molar-refractivity contribution in [2.75, 3.05) is 0 Å². The van der Waals surface area contributed by atoms with Crippen molar-refractivity contribution in [2.24, 2.45) is 10.7 Å². The van der Waals surface area contributed by atoms with Crippen molar-refractivity contribution in [1.29, 1.82) is 0 Å². The molecule has 0 aliphatic carbocycles. The van der Waals surface area contributed by atoms with Gasteiger partial charge in [0, 0.05) is 12.3 Å². The van der Waals surface area contributed by atoms with Crippen molar-refractivity contribution in [1.82, 2.24) is 4.98 Å². The number of nitrogens with zero attached hydrogens (tertiary/aromatic N) is 2. The molecule has 1 aliphatic rings. The number of benzene rings is 1. The van der Waals surface area contributed by atoms with E-state index in [0.29, 0.717) is 11.3 Å². The van der Waals surface area contributed by atoms with Crippen molar-refractivity contribution in [3.63, 3.8) is 0 Å². The summed E-state index contributed by atoms with van der Waals surface area (Å²) in [5.41, 5.74) is 6.64. The Balaban J connectivity index is 2.10. The van der Waals surface area contributed by atoms with Crippen molar-refractivity contribution in [3.05, 3.63) is 58.5 Å². The minimum Gasteiger partial charge on any atom is -0.871 e.